The Bertz CT molecular complexity index is 971. The van der Waals surface area contributed by atoms with Crippen molar-refractivity contribution in [2.75, 3.05) is 19.7 Å². The summed E-state index contributed by atoms with van der Waals surface area (Å²) in [6.07, 6.45) is -1.79. The van der Waals surface area contributed by atoms with Crippen LogP contribution < -0.4 is 11.1 Å². The number of nitrogens with one attached hydrogen (secondary N) is 1. The van der Waals surface area contributed by atoms with Crippen LogP contribution in [0.3, 0.4) is 0 Å². The van der Waals surface area contributed by atoms with Gasteiger partial charge in [0.05, 0.1) is 18.4 Å². The van der Waals surface area contributed by atoms with Crippen LogP contribution in [-0.2, 0) is 37.5 Å². The molecule has 0 unspecified atom stereocenters. The first kappa shape index (κ1) is 29.2. The monoisotopic (exact) mass is 562 g/mol. The molecule has 1 fully saturated rings. The summed E-state index contributed by atoms with van der Waals surface area (Å²) >= 11 is 0. The van der Waals surface area contributed by atoms with Gasteiger partial charge in [0.25, 0.3) is 0 Å². The first-order valence-electron chi connectivity index (χ1n) is 11.0. The Hall–Kier alpha value is -2.07. The third-order valence-electron chi connectivity index (χ3n) is 5.90. The molecule has 1 saturated carbocycles. The third kappa shape index (κ3) is 7.97. The van der Waals surface area contributed by atoms with Gasteiger partial charge in [-0.3, -0.25) is 9.79 Å². The van der Waals surface area contributed by atoms with Gasteiger partial charge in [0.15, 0.2) is 0 Å². The number of halogens is 3. The van der Waals surface area contributed by atoms with E-state index in [-0.39, 0.29) is 51.6 Å². The normalized spacial score (nSPS) is 16.8. The molecule has 185 valence electrons. The maximum atomic E-state index is 11.7. The van der Waals surface area contributed by atoms with Gasteiger partial charge in [0.1, 0.15) is 6.04 Å². The van der Waals surface area contributed by atoms with E-state index in [2.05, 4.69) is 39.9 Å². The summed E-state index contributed by atoms with van der Waals surface area (Å²) < 4.78 is 35.2. The predicted octanol–water partition coefficient (Wildman–Crippen LogP) is 4.23. The van der Waals surface area contributed by atoms with Crippen LogP contribution in [0.15, 0.2) is 76.9 Å². The number of benzene rings is 2. The van der Waals surface area contributed by atoms with E-state index < -0.39 is 24.1 Å². The van der Waals surface area contributed by atoms with Gasteiger partial charge in [-0.25, -0.2) is 0 Å². The number of nitrogens with zero attached hydrogens (tertiary/aromatic N) is 2. The maximum absolute atomic E-state index is 11.7. The van der Waals surface area contributed by atoms with Crippen molar-refractivity contribution < 1.29 is 55.8 Å². The van der Waals surface area contributed by atoms with Crippen molar-refractivity contribution in [1.29, 1.82) is 0 Å². The van der Waals surface area contributed by atoms with Gasteiger partial charge in [-0.2, -0.15) is 13.2 Å². The topological polar surface area (TPSA) is 102 Å². The van der Waals surface area contributed by atoms with E-state index >= 15 is 0 Å². The Balaban J connectivity index is 0.000000366. The molecule has 1 radical (unpaired) electrons. The molecule has 0 atom stereocenters. The van der Waals surface area contributed by atoms with Crippen LogP contribution in [0.1, 0.15) is 36.4 Å². The van der Waals surface area contributed by atoms with Gasteiger partial charge < -0.3 is 21.5 Å². The molecule has 1 aliphatic carbocycles. The Morgan fingerprint density at radius 2 is 1.66 bits per heavy atom. The second-order valence-corrected chi connectivity index (χ2v) is 8.26. The van der Waals surface area contributed by atoms with Crippen LogP contribution in [0, 0.1) is 5.41 Å². The number of hydrogen-bond donors (Lipinski definition) is 3. The van der Waals surface area contributed by atoms with Gasteiger partial charge in [0, 0.05) is 44.0 Å². The van der Waals surface area contributed by atoms with E-state index in [9.17, 15) is 18.0 Å². The maximum Gasteiger partial charge on any atom is 0.396 e. The van der Waals surface area contributed by atoms with Crippen LogP contribution in [0.2, 0.25) is 0 Å². The van der Waals surface area contributed by atoms with E-state index in [0.717, 1.165) is 16.8 Å². The van der Waals surface area contributed by atoms with Gasteiger partial charge >= 0.3 is 6.18 Å². The number of carbonyl (C=O) groups excluding carboxylic acids is 1. The molecule has 2 aliphatic rings. The molecule has 0 bridgehead atoms. The van der Waals surface area contributed by atoms with Crippen LogP contribution in [0.25, 0.3) is 5.32 Å². The standard InChI is InChI=1S/C20H21N4O.C5H7F3O.Y/c21-20(25)17-11-12-22-13-18(17)23-14-24-19(15-7-3-1-4-8-15)16-9-5-2-6-10-16;6-5(7,8)4(3-9)1-2-4;/h1-10,14,19H,11-13H2,(H2,21,25)(H,23,24);9H,1-3H2;/q-1;;. The molecule has 0 aromatic heterocycles. The molecule has 2 aromatic carbocycles. The average Bonchev–Trinajstić information content (AvgIpc) is 3.65. The second kappa shape index (κ2) is 13.3. The van der Waals surface area contributed by atoms with E-state index in [1.807, 2.05) is 36.4 Å². The smallest absolute Gasteiger partial charge is 0.396 e. The molecule has 2 aromatic rings. The largest absolute Gasteiger partial charge is 0.657 e. The first-order chi connectivity index (χ1) is 16.3. The third-order valence-corrected chi connectivity index (χ3v) is 5.90. The van der Waals surface area contributed by atoms with E-state index in [1.54, 1.807) is 6.34 Å². The fourth-order valence-electron chi connectivity index (χ4n) is 3.54. The number of amides is 1. The Morgan fingerprint density at radius 3 is 2.06 bits per heavy atom. The van der Waals surface area contributed by atoms with Crippen molar-refractivity contribution in [2.24, 2.45) is 16.1 Å². The van der Waals surface area contributed by atoms with Crippen molar-refractivity contribution in [3.8, 4) is 0 Å². The molecular formula is C25H28F3N4O2Y-. The Kier molecular flexibility index (Phi) is 11.1. The predicted molar refractivity (Wildman–Crippen MR) is 125 cm³/mol. The molecule has 0 saturated heterocycles. The van der Waals surface area contributed by atoms with Crippen LogP contribution in [0.5, 0.6) is 0 Å². The number of nitrogens with two attached hydrogens (primary N) is 1. The first-order valence-corrected chi connectivity index (χ1v) is 11.0. The Morgan fingerprint density at radius 1 is 1.11 bits per heavy atom. The fraction of sp³-hybridized carbons (Fsp3) is 0.360. The zero-order valence-corrected chi connectivity index (χ0v) is 22.0. The quantitative estimate of drug-likeness (QED) is 0.348. The van der Waals surface area contributed by atoms with Gasteiger partial charge in [0.2, 0.25) is 5.91 Å². The molecule has 1 amide bonds. The van der Waals surface area contributed by atoms with Crippen LogP contribution in [0.4, 0.5) is 13.2 Å². The fourth-order valence-corrected chi connectivity index (χ4v) is 3.54. The molecule has 10 heteroatoms. The minimum atomic E-state index is -4.19. The van der Waals surface area contributed by atoms with Crippen molar-refractivity contribution >= 4 is 12.2 Å². The van der Waals surface area contributed by atoms with Crippen molar-refractivity contribution in [3.05, 3.63) is 88.4 Å². The number of alkyl halides is 3. The molecule has 1 heterocycles. The van der Waals surface area contributed by atoms with Crippen molar-refractivity contribution in [1.82, 2.24) is 5.32 Å². The van der Waals surface area contributed by atoms with Crippen LogP contribution >= 0.6 is 0 Å². The average molecular weight is 562 g/mol. The molecule has 6 nitrogen and oxygen atoms in total. The summed E-state index contributed by atoms with van der Waals surface area (Å²) in [5.41, 5.74) is 7.28. The van der Waals surface area contributed by atoms with Crippen molar-refractivity contribution in [3.63, 3.8) is 0 Å². The molecule has 4 N–H and O–H groups in total. The van der Waals surface area contributed by atoms with E-state index in [4.69, 9.17) is 10.8 Å². The summed E-state index contributed by atoms with van der Waals surface area (Å²) in [5.74, 6) is -0.395. The minimum absolute atomic E-state index is 0. The number of aliphatic hydroxyl groups is 1. The number of carbonyl (C=O) groups is 1. The van der Waals surface area contributed by atoms with E-state index in [0.29, 0.717) is 25.1 Å². The molecule has 35 heavy (non-hydrogen) atoms. The number of primary amides is 1. The van der Waals surface area contributed by atoms with Gasteiger partial charge in [-0.05, 0) is 30.4 Å². The molecule has 0 spiro atoms. The Labute approximate surface area is 228 Å². The van der Waals surface area contributed by atoms with Crippen LogP contribution in [-0.4, -0.2) is 43.2 Å². The summed E-state index contributed by atoms with van der Waals surface area (Å²) in [5, 5.41) is 15.7. The zero-order valence-electron chi connectivity index (χ0n) is 19.2. The number of aliphatic imine (C=N–C) groups is 1. The van der Waals surface area contributed by atoms with Crippen molar-refractivity contribution in [2.45, 2.75) is 31.5 Å². The molecule has 1 aliphatic heterocycles. The van der Waals surface area contributed by atoms with Gasteiger partial charge in [-0.1, -0.05) is 60.7 Å². The second-order valence-electron chi connectivity index (χ2n) is 8.26. The summed E-state index contributed by atoms with van der Waals surface area (Å²) in [6.45, 7) is 0.347. The minimum Gasteiger partial charge on any atom is -0.657 e. The SMILES string of the molecule is NC(=O)C1=C(NC=NC(c2ccccc2)c2ccccc2)C[N-]CC1.OCC1(C(F)(F)F)CC1.[Y]. The molecular weight excluding hydrogens is 534 g/mol. The summed E-state index contributed by atoms with van der Waals surface area (Å²) in [4.78, 5) is 16.2. The summed E-state index contributed by atoms with van der Waals surface area (Å²) in [6, 6.07) is 20.1. The number of aliphatic hydroxyl groups excluding tert-OH is 1. The van der Waals surface area contributed by atoms with E-state index in [1.165, 1.54) is 0 Å². The summed E-state index contributed by atoms with van der Waals surface area (Å²) in [7, 11) is 0. The molecule has 4 rings (SSSR count). The number of rotatable bonds is 7. The number of hydrogen-bond acceptors (Lipinski definition) is 3. The zero-order chi connectivity index (χ0) is 24.6. The van der Waals surface area contributed by atoms with Gasteiger partial charge in [-0.15, -0.1) is 13.1 Å².